The summed E-state index contributed by atoms with van der Waals surface area (Å²) < 4.78 is 8.10. The molecule has 2 aromatic carbocycles. The highest BCUT2D eigenvalue weighted by Crippen LogP contribution is 2.28. The summed E-state index contributed by atoms with van der Waals surface area (Å²) in [6.45, 7) is 2.85. The predicted molar refractivity (Wildman–Crippen MR) is 105 cm³/mol. The summed E-state index contributed by atoms with van der Waals surface area (Å²) in [5.74, 6) is 1.27. The van der Waals surface area contributed by atoms with Crippen molar-refractivity contribution in [3.05, 3.63) is 78.2 Å². The molecule has 26 heavy (non-hydrogen) atoms. The van der Waals surface area contributed by atoms with Gasteiger partial charge in [-0.25, -0.2) is 0 Å². The monoisotopic (exact) mass is 343 g/mol. The smallest absolute Gasteiger partial charge is 0.264 e. The first kappa shape index (κ1) is 16.3. The van der Waals surface area contributed by atoms with E-state index in [0.29, 0.717) is 11.8 Å². The van der Waals surface area contributed by atoms with Gasteiger partial charge in [-0.3, -0.25) is 0 Å². The van der Waals surface area contributed by atoms with E-state index in [1.54, 1.807) is 0 Å². The Morgan fingerprint density at radius 1 is 1.00 bits per heavy atom. The van der Waals surface area contributed by atoms with E-state index in [1.165, 1.54) is 10.9 Å². The summed E-state index contributed by atoms with van der Waals surface area (Å²) in [7, 11) is 0. The minimum atomic E-state index is 0.581. The third kappa shape index (κ3) is 3.31. The van der Waals surface area contributed by atoms with E-state index in [0.717, 1.165) is 30.6 Å². The minimum Gasteiger partial charge on any atom is -0.419 e. The van der Waals surface area contributed by atoms with Crippen LogP contribution in [0.25, 0.3) is 28.6 Å². The molecule has 0 aliphatic rings. The fraction of sp³-hybridized carbons (Fsp3) is 0.182. The SMILES string of the molecule is CCCc1nnc(-c2cc3ccccc3n2C/C=C/c2ccccc2)o1. The summed E-state index contributed by atoms with van der Waals surface area (Å²) in [4.78, 5) is 0. The largest absolute Gasteiger partial charge is 0.419 e. The van der Waals surface area contributed by atoms with Crippen molar-refractivity contribution in [1.29, 1.82) is 0 Å². The fourth-order valence-electron chi connectivity index (χ4n) is 3.11. The molecule has 2 heterocycles. The number of para-hydroxylation sites is 1. The number of allylic oxidation sites excluding steroid dienone is 1. The van der Waals surface area contributed by atoms with Crippen LogP contribution in [0.5, 0.6) is 0 Å². The Morgan fingerprint density at radius 3 is 2.65 bits per heavy atom. The van der Waals surface area contributed by atoms with Crippen molar-refractivity contribution in [3.8, 4) is 11.6 Å². The van der Waals surface area contributed by atoms with Gasteiger partial charge in [-0.1, -0.05) is 67.6 Å². The van der Waals surface area contributed by atoms with Crippen LogP contribution in [-0.2, 0) is 13.0 Å². The average Bonchev–Trinajstić information content (AvgIpc) is 3.28. The normalized spacial score (nSPS) is 11.6. The van der Waals surface area contributed by atoms with Gasteiger partial charge in [0.05, 0.1) is 0 Å². The molecular weight excluding hydrogens is 322 g/mol. The van der Waals surface area contributed by atoms with Crippen LogP contribution in [0, 0.1) is 0 Å². The number of aromatic nitrogens is 3. The van der Waals surface area contributed by atoms with Crippen LogP contribution in [0.4, 0.5) is 0 Å². The second-order valence-electron chi connectivity index (χ2n) is 6.26. The molecule has 0 unspecified atom stereocenters. The van der Waals surface area contributed by atoms with Gasteiger partial charge in [-0.05, 0) is 24.1 Å². The van der Waals surface area contributed by atoms with E-state index in [9.17, 15) is 0 Å². The number of benzene rings is 2. The molecule has 0 spiro atoms. The van der Waals surface area contributed by atoms with Crippen LogP contribution in [-0.4, -0.2) is 14.8 Å². The highest BCUT2D eigenvalue weighted by molar-refractivity contribution is 5.85. The van der Waals surface area contributed by atoms with Gasteiger partial charge < -0.3 is 8.98 Å². The third-order valence-electron chi connectivity index (χ3n) is 4.36. The van der Waals surface area contributed by atoms with Crippen LogP contribution in [0.2, 0.25) is 0 Å². The van der Waals surface area contributed by atoms with Gasteiger partial charge in [0, 0.05) is 23.9 Å². The standard InChI is InChI=1S/C22H21N3O/c1-2-9-21-23-24-22(26-21)20-16-18-13-6-7-14-19(18)25(20)15-8-12-17-10-4-3-5-11-17/h3-8,10-14,16H,2,9,15H2,1H3/b12-8+. The highest BCUT2D eigenvalue weighted by Gasteiger charge is 2.15. The Balaban J connectivity index is 1.70. The second kappa shape index (κ2) is 7.40. The van der Waals surface area contributed by atoms with E-state index >= 15 is 0 Å². The first-order valence-electron chi connectivity index (χ1n) is 8.98. The summed E-state index contributed by atoms with van der Waals surface area (Å²) in [6, 6.07) is 20.8. The number of rotatable bonds is 6. The number of hydrogen-bond donors (Lipinski definition) is 0. The zero-order chi connectivity index (χ0) is 17.8. The van der Waals surface area contributed by atoms with Crippen molar-refractivity contribution in [1.82, 2.24) is 14.8 Å². The molecule has 2 aromatic heterocycles. The van der Waals surface area contributed by atoms with Crippen LogP contribution < -0.4 is 0 Å². The summed E-state index contributed by atoms with van der Waals surface area (Å²) in [5.41, 5.74) is 3.31. The lowest BCUT2D eigenvalue weighted by Gasteiger charge is -2.05. The number of aryl methyl sites for hydroxylation is 1. The van der Waals surface area contributed by atoms with Crippen molar-refractivity contribution < 1.29 is 4.42 Å². The zero-order valence-electron chi connectivity index (χ0n) is 14.8. The lowest BCUT2D eigenvalue weighted by molar-refractivity contribution is 0.499. The van der Waals surface area contributed by atoms with E-state index in [1.807, 2.05) is 24.3 Å². The van der Waals surface area contributed by atoms with Crippen LogP contribution in [0.1, 0.15) is 24.8 Å². The lowest BCUT2D eigenvalue weighted by Crippen LogP contribution is -1.98. The topological polar surface area (TPSA) is 43.9 Å². The summed E-state index contributed by atoms with van der Waals surface area (Å²) in [6.07, 6.45) is 6.09. The fourth-order valence-corrected chi connectivity index (χ4v) is 3.11. The molecule has 0 aliphatic heterocycles. The number of hydrogen-bond acceptors (Lipinski definition) is 3. The predicted octanol–water partition coefficient (Wildman–Crippen LogP) is 5.36. The van der Waals surface area contributed by atoms with Gasteiger partial charge in [-0.2, -0.15) is 0 Å². The van der Waals surface area contributed by atoms with Crippen LogP contribution in [0.15, 0.2) is 71.2 Å². The van der Waals surface area contributed by atoms with Gasteiger partial charge >= 0.3 is 0 Å². The molecule has 0 N–H and O–H groups in total. The molecule has 4 heteroatoms. The minimum absolute atomic E-state index is 0.581. The molecule has 4 aromatic rings. The molecule has 4 nitrogen and oxygen atoms in total. The molecule has 0 amide bonds. The Labute approximate surface area is 152 Å². The van der Waals surface area contributed by atoms with Crippen molar-refractivity contribution in [2.75, 3.05) is 0 Å². The van der Waals surface area contributed by atoms with E-state index in [2.05, 4.69) is 70.2 Å². The van der Waals surface area contributed by atoms with Gasteiger partial charge in [-0.15, -0.1) is 10.2 Å². The van der Waals surface area contributed by atoms with Crippen molar-refractivity contribution in [2.45, 2.75) is 26.3 Å². The average molecular weight is 343 g/mol. The molecule has 130 valence electrons. The van der Waals surface area contributed by atoms with E-state index in [-0.39, 0.29) is 0 Å². The zero-order valence-corrected chi connectivity index (χ0v) is 14.8. The molecule has 0 bridgehead atoms. The molecule has 0 saturated heterocycles. The lowest BCUT2D eigenvalue weighted by atomic mass is 10.2. The Morgan fingerprint density at radius 2 is 1.81 bits per heavy atom. The maximum Gasteiger partial charge on any atom is 0.264 e. The van der Waals surface area contributed by atoms with Gasteiger partial charge in [0.1, 0.15) is 5.69 Å². The second-order valence-corrected chi connectivity index (χ2v) is 6.26. The molecule has 0 radical (unpaired) electrons. The molecular formula is C22H21N3O. The maximum absolute atomic E-state index is 5.88. The van der Waals surface area contributed by atoms with E-state index < -0.39 is 0 Å². The summed E-state index contributed by atoms with van der Waals surface area (Å²) >= 11 is 0. The molecule has 0 saturated carbocycles. The van der Waals surface area contributed by atoms with Gasteiger partial charge in [0.25, 0.3) is 5.89 Å². The number of nitrogens with zero attached hydrogens (tertiary/aromatic N) is 3. The van der Waals surface area contributed by atoms with Crippen molar-refractivity contribution in [3.63, 3.8) is 0 Å². The molecule has 0 aliphatic carbocycles. The van der Waals surface area contributed by atoms with E-state index in [4.69, 9.17) is 4.42 Å². The maximum atomic E-state index is 5.88. The Hall–Kier alpha value is -3.14. The Bertz CT molecular complexity index is 1030. The van der Waals surface area contributed by atoms with Crippen molar-refractivity contribution >= 4 is 17.0 Å². The Kier molecular flexibility index (Phi) is 4.65. The molecule has 4 rings (SSSR count). The summed E-state index contributed by atoms with van der Waals surface area (Å²) in [5, 5.41) is 9.61. The first-order chi connectivity index (χ1) is 12.8. The van der Waals surface area contributed by atoms with Gasteiger partial charge in [0.15, 0.2) is 0 Å². The van der Waals surface area contributed by atoms with Crippen LogP contribution >= 0.6 is 0 Å². The van der Waals surface area contributed by atoms with Crippen molar-refractivity contribution in [2.24, 2.45) is 0 Å². The first-order valence-corrected chi connectivity index (χ1v) is 8.98. The number of fused-ring (bicyclic) bond motifs is 1. The molecule has 0 fully saturated rings. The third-order valence-corrected chi connectivity index (χ3v) is 4.36. The quantitative estimate of drug-likeness (QED) is 0.473. The van der Waals surface area contributed by atoms with Gasteiger partial charge in [0.2, 0.25) is 5.89 Å². The molecule has 0 atom stereocenters. The van der Waals surface area contributed by atoms with Crippen LogP contribution in [0.3, 0.4) is 0 Å². The highest BCUT2D eigenvalue weighted by atomic mass is 16.4.